The standard InChI is InChI=1S/C16H16NO3P/c1-10-4-6-15-13(8-10)14-9-11(2)5-7-16(14)17(15)12(3)20-21(18)19/h4-9,12H,1-3H3/p+1. The fourth-order valence-electron chi connectivity index (χ4n) is 2.85. The number of hydrogen-bond donors (Lipinski definition) is 1. The summed E-state index contributed by atoms with van der Waals surface area (Å²) in [5.41, 5.74) is 4.38. The summed E-state index contributed by atoms with van der Waals surface area (Å²) in [5, 5.41) is 2.27. The number of hydrogen-bond acceptors (Lipinski definition) is 2. The minimum absolute atomic E-state index is 0.510. The van der Waals surface area contributed by atoms with Gasteiger partial charge in [-0.2, -0.15) is 0 Å². The first-order valence-corrected chi connectivity index (χ1v) is 7.94. The summed E-state index contributed by atoms with van der Waals surface area (Å²) in [6.45, 7) is 5.90. The Morgan fingerprint density at radius 3 is 1.95 bits per heavy atom. The second-order valence-corrected chi connectivity index (χ2v) is 6.04. The summed E-state index contributed by atoms with van der Waals surface area (Å²) in [5.74, 6) is 0. The molecule has 1 N–H and O–H groups in total. The number of aromatic nitrogens is 1. The van der Waals surface area contributed by atoms with E-state index in [9.17, 15) is 4.57 Å². The van der Waals surface area contributed by atoms with Gasteiger partial charge in [0.15, 0.2) is 6.23 Å². The molecule has 0 saturated heterocycles. The first-order valence-electron chi connectivity index (χ1n) is 6.81. The smallest absolute Gasteiger partial charge is 0.310 e. The summed E-state index contributed by atoms with van der Waals surface area (Å²) >= 11 is 0. The van der Waals surface area contributed by atoms with E-state index in [1.165, 1.54) is 11.1 Å². The van der Waals surface area contributed by atoms with Crippen LogP contribution in [0.3, 0.4) is 0 Å². The molecule has 0 radical (unpaired) electrons. The van der Waals surface area contributed by atoms with Crippen LogP contribution in [0, 0.1) is 13.8 Å². The van der Waals surface area contributed by atoms with Crippen LogP contribution >= 0.6 is 8.25 Å². The second kappa shape index (κ2) is 5.23. The third-order valence-electron chi connectivity index (χ3n) is 3.72. The molecule has 0 fully saturated rings. The number of rotatable bonds is 3. The van der Waals surface area contributed by atoms with Crippen molar-refractivity contribution in [2.24, 2.45) is 0 Å². The average Bonchev–Trinajstić information content (AvgIpc) is 2.71. The summed E-state index contributed by atoms with van der Waals surface area (Å²) in [6.07, 6.45) is -0.510. The maximum Gasteiger partial charge on any atom is 0.696 e. The molecule has 0 bridgehead atoms. The largest absolute Gasteiger partial charge is 0.696 e. The zero-order valence-corrected chi connectivity index (χ0v) is 13.1. The Morgan fingerprint density at radius 2 is 1.52 bits per heavy atom. The molecule has 0 saturated carbocycles. The van der Waals surface area contributed by atoms with Crippen LogP contribution in [0.1, 0.15) is 24.3 Å². The normalized spacial score (nSPS) is 13.8. The first-order chi connectivity index (χ1) is 9.97. The van der Waals surface area contributed by atoms with Crippen LogP contribution in [0.15, 0.2) is 36.4 Å². The van der Waals surface area contributed by atoms with E-state index in [0.29, 0.717) is 0 Å². The molecule has 2 atom stereocenters. The van der Waals surface area contributed by atoms with Crippen LogP contribution in [-0.2, 0) is 9.09 Å². The molecule has 0 amide bonds. The molecular formula is C16H17NO3P+. The number of aryl methyl sites for hydroxylation is 2. The molecule has 3 rings (SSSR count). The summed E-state index contributed by atoms with van der Waals surface area (Å²) in [7, 11) is -2.64. The third-order valence-corrected chi connectivity index (χ3v) is 4.21. The fraction of sp³-hybridized carbons (Fsp3) is 0.250. The predicted molar refractivity (Wildman–Crippen MR) is 84.5 cm³/mol. The van der Waals surface area contributed by atoms with Crippen LogP contribution < -0.4 is 0 Å². The van der Waals surface area contributed by atoms with E-state index < -0.39 is 14.5 Å². The maximum atomic E-state index is 11.0. The van der Waals surface area contributed by atoms with Crippen molar-refractivity contribution < 1.29 is 14.0 Å². The Morgan fingerprint density at radius 1 is 1.05 bits per heavy atom. The lowest BCUT2D eigenvalue weighted by atomic mass is 10.1. The van der Waals surface area contributed by atoms with Crippen molar-refractivity contribution in [3.05, 3.63) is 47.5 Å². The lowest BCUT2D eigenvalue weighted by Gasteiger charge is -2.10. The molecule has 5 heteroatoms. The lowest BCUT2D eigenvalue weighted by Crippen LogP contribution is -2.05. The Kier molecular flexibility index (Phi) is 3.54. The average molecular weight is 302 g/mol. The lowest BCUT2D eigenvalue weighted by molar-refractivity contribution is 0.152. The van der Waals surface area contributed by atoms with Gasteiger partial charge in [-0.15, -0.1) is 4.89 Å². The van der Waals surface area contributed by atoms with Gasteiger partial charge in [0.25, 0.3) is 0 Å². The van der Waals surface area contributed by atoms with Crippen LogP contribution in [0.4, 0.5) is 0 Å². The number of benzene rings is 2. The molecule has 108 valence electrons. The van der Waals surface area contributed by atoms with Gasteiger partial charge in [-0.1, -0.05) is 27.8 Å². The molecule has 2 unspecified atom stereocenters. The topological polar surface area (TPSA) is 51.5 Å². The molecule has 2 aromatic carbocycles. The Labute approximate surface area is 123 Å². The van der Waals surface area contributed by atoms with Gasteiger partial charge in [0, 0.05) is 15.3 Å². The van der Waals surface area contributed by atoms with E-state index in [-0.39, 0.29) is 0 Å². The maximum absolute atomic E-state index is 11.0. The van der Waals surface area contributed by atoms with Gasteiger partial charge in [0.05, 0.1) is 11.0 Å². The highest BCUT2D eigenvalue weighted by molar-refractivity contribution is 7.32. The minimum atomic E-state index is -2.64. The summed E-state index contributed by atoms with van der Waals surface area (Å²) in [4.78, 5) is 9.03. The highest BCUT2D eigenvalue weighted by Crippen LogP contribution is 2.35. The monoisotopic (exact) mass is 302 g/mol. The molecule has 0 aliphatic carbocycles. The highest BCUT2D eigenvalue weighted by atomic mass is 31.1. The van der Waals surface area contributed by atoms with Gasteiger partial charge in [-0.05, 0) is 45.0 Å². The highest BCUT2D eigenvalue weighted by Gasteiger charge is 2.23. The molecule has 3 aromatic rings. The van der Waals surface area contributed by atoms with Crippen molar-refractivity contribution in [2.75, 3.05) is 0 Å². The van der Waals surface area contributed by atoms with E-state index in [4.69, 9.17) is 9.42 Å². The van der Waals surface area contributed by atoms with Crippen LogP contribution in [-0.4, -0.2) is 9.46 Å². The third kappa shape index (κ3) is 2.46. The van der Waals surface area contributed by atoms with Crippen LogP contribution in [0.5, 0.6) is 0 Å². The quantitative estimate of drug-likeness (QED) is 0.720. The fourth-order valence-corrected chi connectivity index (χ4v) is 3.21. The van der Waals surface area contributed by atoms with Crippen molar-refractivity contribution in [1.29, 1.82) is 0 Å². The summed E-state index contributed by atoms with van der Waals surface area (Å²) in [6, 6.07) is 12.4. The van der Waals surface area contributed by atoms with E-state index in [2.05, 4.69) is 26.0 Å². The molecule has 21 heavy (non-hydrogen) atoms. The molecule has 1 heterocycles. The van der Waals surface area contributed by atoms with Crippen LogP contribution in [0.2, 0.25) is 0 Å². The van der Waals surface area contributed by atoms with Gasteiger partial charge in [0.2, 0.25) is 0 Å². The SMILES string of the molecule is Cc1ccc2c(c1)c1cc(C)ccc1n2C(C)O[P+](=O)O. The molecule has 0 aliphatic rings. The Bertz CT molecular complexity index is 794. The zero-order valence-electron chi connectivity index (χ0n) is 12.2. The number of nitrogens with zero attached hydrogens (tertiary/aromatic N) is 1. The summed E-state index contributed by atoms with van der Waals surface area (Å²) < 4.78 is 18.1. The van der Waals surface area contributed by atoms with Crippen molar-refractivity contribution in [1.82, 2.24) is 4.57 Å². The molecule has 1 aromatic heterocycles. The zero-order chi connectivity index (χ0) is 15.1. The Balaban J connectivity index is 2.37. The van der Waals surface area contributed by atoms with Gasteiger partial charge in [-0.3, -0.25) is 0 Å². The predicted octanol–water partition coefficient (Wildman–Crippen LogP) is 4.60. The van der Waals surface area contributed by atoms with Crippen molar-refractivity contribution in [2.45, 2.75) is 27.0 Å². The minimum Gasteiger partial charge on any atom is -0.310 e. The van der Waals surface area contributed by atoms with Gasteiger partial charge in [0.1, 0.15) is 0 Å². The second-order valence-electron chi connectivity index (χ2n) is 5.35. The van der Waals surface area contributed by atoms with Gasteiger partial charge >= 0.3 is 8.25 Å². The van der Waals surface area contributed by atoms with Crippen molar-refractivity contribution in [3.63, 3.8) is 0 Å². The van der Waals surface area contributed by atoms with Crippen LogP contribution in [0.25, 0.3) is 21.8 Å². The van der Waals surface area contributed by atoms with Gasteiger partial charge < -0.3 is 4.57 Å². The molecule has 0 spiro atoms. The van der Waals surface area contributed by atoms with Crippen molar-refractivity contribution in [3.8, 4) is 0 Å². The molecular weight excluding hydrogens is 285 g/mol. The Hall–Kier alpha value is -1.74. The number of fused-ring (bicyclic) bond motifs is 3. The first kappa shape index (κ1) is 14.2. The molecule has 0 aliphatic heterocycles. The van der Waals surface area contributed by atoms with E-state index in [1.807, 2.05) is 28.8 Å². The van der Waals surface area contributed by atoms with E-state index in [0.717, 1.165) is 21.8 Å². The van der Waals surface area contributed by atoms with E-state index in [1.54, 1.807) is 6.92 Å². The van der Waals surface area contributed by atoms with Gasteiger partial charge in [-0.25, -0.2) is 0 Å². The van der Waals surface area contributed by atoms with E-state index >= 15 is 0 Å². The van der Waals surface area contributed by atoms with Crippen molar-refractivity contribution >= 4 is 30.1 Å². The molecule has 4 nitrogen and oxygen atoms in total.